The molecule has 154 valence electrons. The molecular weight excluding hydrogens is 376 g/mol. The summed E-state index contributed by atoms with van der Waals surface area (Å²) in [7, 11) is 1.66. The Morgan fingerprint density at radius 2 is 1.80 bits per heavy atom. The number of nitrogens with zero attached hydrogens (tertiary/aromatic N) is 2. The van der Waals surface area contributed by atoms with Crippen LogP contribution in [0.2, 0.25) is 0 Å². The van der Waals surface area contributed by atoms with Crippen molar-refractivity contribution >= 4 is 0 Å². The standard InChI is InChI=1S/C25H26N2O3/c1-18-26-27-24(29-18)25(2,16-15-19-9-5-4-6-10-19)20-13-14-22(28-3)23(17-20)30-21-11-7-8-12-21/h4-6,9-10,13-14,17,21H,7-8,11-12H2,1-3H3. The van der Waals surface area contributed by atoms with Crippen LogP contribution in [0.1, 0.15) is 55.5 Å². The average Bonchev–Trinajstić information content (AvgIpc) is 3.45. The first-order valence-electron chi connectivity index (χ1n) is 10.3. The predicted molar refractivity (Wildman–Crippen MR) is 115 cm³/mol. The van der Waals surface area contributed by atoms with Crippen molar-refractivity contribution in [2.45, 2.75) is 51.0 Å². The van der Waals surface area contributed by atoms with E-state index in [2.05, 4.69) is 22.0 Å². The topological polar surface area (TPSA) is 57.4 Å². The Hall–Kier alpha value is -3.26. The third-order valence-corrected chi connectivity index (χ3v) is 5.52. The fraction of sp³-hybridized carbons (Fsp3) is 0.360. The molecule has 0 bridgehead atoms. The van der Waals surface area contributed by atoms with Crippen LogP contribution in [-0.2, 0) is 5.41 Å². The highest BCUT2D eigenvalue weighted by atomic mass is 16.5. The van der Waals surface area contributed by atoms with Gasteiger partial charge in [-0.3, -0.25) is 0 Å². The van der Waals surface area contributed by atoms with Crippen LogP contribution in [0.3, 0.4) is 0 Å². The minimum Gasteiger partial charge on any atom is -0.493 e. The molecule has 30 heavy (non-hydrogen) atoms. The highest BCUT2D eigenvalue weighted by molar-refractivity contribution is 5.51. The molecule has 1 fully saturated rings. The second kappa shape index (κ2) is 8.62. The molecule has 5 heteroatoms. The Balaban J connectivity index is 1.78. The first-order valence-corrected chi connectivity index (χ1v) is 10.3. The summed E-state index contributed by atoms with van der Waals surface area (Å²) in [4.78, 5) is 0. The second-order valence-electron chi connectivity index (χ2n) is 7.76. The average molecular weight is 402 g/mol. The van der Waals surface area contributed by atoms with Gasteiger partial charge in [0.15, 0.2) is 11.5 Å². The Morgan fingerprint density at radius 1 is 1.03 bits per heavy atom. The van der Waals surface area contributed by atoms with E-state index >= 15 is 0 Å². The molecule has 0 N–H and O–H groups in total. The van der Waals surface area contributed by atoms with Crippen LogP contribution < -0.4 is 9.47 Å². The van der Waals surface area contributed by atoms with E-state index in [0.717, 1.165) is 29.7 Å². The van der Waals surface area contributed by atoms with Crippen LogP contribution in [0.5, 0.6) is 11.5 Å². The molecule has 0 radical (unpaired) electrons. The van der Waals surface area contributed by atoms with Crippen molar-refractivity contribution in [1.82, 2.24) is 10.2 Å². The van der Waals surface area contributed by atoms with Gasteiger partial charge in [-0.1, -0.05) is 36.1 Å². The van der Waals surface area contributed by atoms with Gasteiger partial charge in [-0.05, 0) is 62.4 Å². The normalized spacial score (nSPS) is 15.8. The van der Waals surface area contributed by atoms with Gasteiger partial charge in [0.25, 0.3) is 0 Å². The maximum atomic E-state index is 6.30. The molecule has 4 rings (SSSR count). The second-order valence-corrected chi connectivity index (χ2v) is 7.76. The largest absolute Gasteiger partial charge is 0.493 e. The van der Waals surface area contributed by atoms with Crippen molar-refractivity contribution in [1.29, 1.82) is 0 Å². The molecule has 0 spiro atoms. The number of benzene rings is 2. The monoisotopic (exact) mass is 402 g/mol. The molecule has 2 aromatic carbocycles. The summed E-state index contributed by atoms with van der Waals surface area (Å²) < 4.78 is 17.7. The highest BCUT2D eigenvalue weighted by Gasteiger charge is 2.34. The van der Waals surface area contributed by atoms with Gasteiger partial charge in [0.05, 0.1) is 13.2 Å². The van der Waals surface area contributed by atoms with E-state index in [1.807, 2.05) is 55.5 Å². The number of methoxy groups -OCH3 is 1. The minimum atomic E-state index is -0.794. The lowest BCUT2D eigenvalue weighted by molar-refractivity contribution is 0.200. The Labute approximate surface area is 177 Å². The summed E-state index contributed by atoms with van der Waals surface area (Å²) in [6.45, 7) is 3.78. The summed E-state index contributed by atoms with van der Waals surface area (Å²) >= 11 is 0. The first-order chi connectivity index (χ1) is 14.6. The Morgan fingerprint density at radius 3 is 2.47 bits per heavy atom. The molecule has 1 aliphatic carbocycles. The molecule has 0 amide bonds. The van der Waals surface area contributed by atoms with Gasteiger partial charge in [-0.2, -0.15) is 0 Å². The summed E-state index contributed by atoms with van der Waals surface area (Å²) in [6, 6.07) is 15.8. The van der Waals surface area contributed by atoms with Crippen molar-refractivity contribution in [2.24, 2.45) is 0 Å². The molecule has 0 saturated heterocycles. The zero-order valence-electron chi connectivity index (χ0n) is 17.6. The number of ether oxygens (including phenoxy) is 2. The summed E-state index contributed by atoms with van der Waals surface area (Å²) in [6.07, 6.45) is 4.77. The number of hydrogen-bond acceptors (Lipinski definition) is 5. The van der Waals surface area contributed by atoms with Crippen molar-refractivity contribution in [3.05, 3.63) is 71.4 Å². The third kappa shape index (κ3) is 4.18. The van der Waals surface area contributed by atoms with Gasteiger partial charge in [0.2, 0.25) is 11.8 Å². The van der Waals surface area contributed by atoms with Crippen LogP contribution in [0.25, 0.3) is 0 Å². The minimum absolute atomic E-state index is 0.224. The van der Waals surface area contributed by atoms with E-state index < -0.39 is 5.41 Å². The number of hydrogen-bond donors (Lipinski definition) is 0. The first kappa shape index (κ1) is 20.0. The van der Waals surface area contributed by atoms with E-state index in [1.54, 1.807) is 14.0 Å². The van der Waals surface area contributed by atoms with Crippen LogP contribution >= 0.6 is 0 Å². The lowest BCUT2D eigenvalue weighted by Gasteiger charge is -2.23. The smallest absolute Gasteiger partial charge is 0.238 e. The van der Waals surface area contributed by atoms with Gasteiger partial charge in [-0.15, -0.1) is 10.2 Å². The molecule has 5 nitrogen and oxygen atoms in total. The Kier molecular flexibility index (Phi) is 5.76. The number of aromatic nitrogens is 2. The maximum Gasteiger partial charge on any atom is 0.238 e. The van der Waals surface area contributed by atoms with E-state index in [-0.39, 0.29) is 6.10 Å². The predicted octanol–water partition coefficient (Wildman–Crippen LogP) is 5.07. The molecule has 1 unspecified atom stereocenters. The van der Waals surface area contributed by atoms with Crippen molar-refractivity contribution in [2.75, 3.05) is 7.11 Å². The SMILES string of the molecule is COc1ccc(C(C)(C#Cc2ccccc2)c2nnc(C)o2)cc1OC1CCCC1. The van der Waals surface area contributed by atoms with Crippen LogP contribution in [-0.4, -0.2) is 23.4 Å². The molecule has 1 aliphatic rings. The fourth-order valence-electron chi connectivity index (χ4n) is 3.73. The maximum absolute atomic E-state index is 6.30. The zero-order chi connectivity index (χ0) is 21.0. The molecule has 3 aromatic rings. The lowest BCUT2D eigenvalue weighted by Crippen LogP contribution is -2.23. The molecule has 1 aromatic heterocycles. The molecule has 0 aliphatic heterocycles. The van der Waals surface area contributed by atoms with Crippen LogP contribution in [0.15, 0.2) is 52.9 Å². The van der Waals surface area contributed by atoms with Crippen LogP contribution in [0, 0.1) is 18.8 Å². The van der Waals surface area contributed by atoms with Gasteiger partial charge >= 0.3 is 0 Å². The highest BCUT2D eigenvalue weighted by Crippen LogP contribution is 2.38. The van der Waals surface area contributed by atoms with Gasteiger partial charge in [0.1, 0.15) is 5.41 Å². The lowest BCUT2D eigenvalue weighted by atomic mass is 9.82. The van der Waals surface area contributed by atoms with Gasteiger partial charge < -0.3 is 13.9 Å². The quantitative estimate of drug-likeness (QED) is 0.558. The molecular formula is C25H26N2O3. The van der Waals surface area contributed by atoms with Crippen LogP contribution in [0.4, 0.5) is 0 Å². The van der Waals surface area contributed by atoms with Crippen molar-refractivity contribution in [3.8, 4) is 23.3 Å². The van der Waals surface area contributed by atoms with E-state index in [4.69, 9.17) is 13.9 Å². The van der Waals surface area contributed by atoms with E-state index in [0.29, 0.717) is 17.5 Å². The summed E-state index contributed by atoms with van der Waals surface area (Å²) in [5.41, 5.74) is 1.05. The Bertz CT molecular complexity index is 1060. The van der Waals surface area contributed by atoms with Crippen molar-refractivity contribution < 1.29 is 13.9 Å². The summed E-state index contributed by atoms with van der Waals surface area (Å²) in [5.74, 6) is 9.04. The van der Waals surface area contributed by atoms with E-state index in [1.165, 1.54) is 12.8 Å². The number of rotatable bonds is 5. The van der Waals surface area contributed by atoms with Gasteiger partial charge in [0, 0.05) is 12.5 Å². The van der Waals surface area contributed by atoms with E-state index in [9.17, 15) is 0 Å². The summed E-state index contributed by atoms with van der Waals surface area (Å²) in [5, 5.41) is 8.32. The van der Waals surface area contributed by atoms with Gasteiger partial charge in [-0.25, -0.2) is 0 Å². The molecule has 1 atom stereocenters. The zero-order valence-corrected chi connectivity index (χ0v) is 17.6. The number of aryl methyl sites for hydroxylation is 1. The molecule has 1 saturated carbocycles. The molecule has 1 heterocycles. The van der Waals surface area contributed by atoms with Crippen molar-refractivity contribution in [3.63, 3.8) is 0 Å². The fourth-order valence-corrected chi connectivity index (χ4v) is 3.73. The third-order valence-electron chi connectivity index (χ3n) is 5.52.